The van der Waals surface area contributed by atoms with E-state index in [1.807, 2.05) is 50.1 Å². The molecule has 0 radical (unpaired) electrons. The molecule has 1 aliphatic heterocycles. The molecule has 184 valence electrons. The number of aromatic nitrogens is 3. The lowest BCUT2D eigenvalue weighted by Crippen LogP contribution is -2.46. The van der Waals surface area contributed by atoms with Crippen molar-refractivity contribution in [1.29, 1.82) is 0 Å². The molecule has 0 saturated carbocycles. The van der Waals surface area contributed by atoms with Gasteiger partial charge in [-0.3, -0.25) is 4.98 Å². The van der Waals surface area contributed by atoms with E-state index in [1.54, 1.807) is 0 Å². The minimum absolute atomic E-state index is 0.164. The highest BCUT2D eigenvalue weighted by atomic mass is 16.6. The van der Waals surface area contributed by atoms with Crippen LogP contribution >= 0.6 is 0 Å². The van der Waals surface area contributed by atoms with Crippen molar-refractivity contribution in [2.75, 3.05) is 25.5 Å². The number of carbonyl (C=O) groups excluding carboxylic acids is 1. The van der Waals surface area contributed by atoms with Crippen LogP contribution in [-0.4, -0.2) is 56.9 Å². The highest BCUT2D eigenvalue weighted by molar-refractivity contribution is 6.07. The number of nitrogens with two attached hydrogens (primary N) is 1. The molecule has 4 rings (SSSR count). The molecule has 2 N–H and O–H groups in total. The molecule has 2 aromatic heterocycles. The van der Waals surface area contributed by atoms with Crippen molar-refractivity contribution in [2.45, 2.75) is 78.0 Å². The van der Waals surface area contributed by atoms with Crippen molar-refractivity contribution in [3.05, 3.63) is 30.2 Å². The Bertz CT molecular complexity index is 1140. The first kappa shape index (κ1) is 24.3. The van der Waals surface area contributed by atoms with Gasteiger partial charge in [0, 0.05) is 50.3 Å². The van der Waals surface area contributed by atoms with Crippen molar-refractivity contribution in [3.8, 4) is 0 Å². The van der Waals surface area contributed by atoms with Gasteiger partial charge in [-0.15, -0.1) is 0 Å². The third-order valence-electron chi connectivity index (χ3n) is 6.30. The third kappa shape index (κ3) is 5.27. The van der Waals surface area contributed by atoms with Crippen LogP contribution in [0.25, 0.3) is 21.9 Å². The topological polar surface area (TPSA) is 95.5 Å². The van der Waals surface area contributed by atoms with Gasteiger partial charge >= 0.3 is 6.09 Å². The average molecular weight is 468 g/mol. The van der Waals surface area contributed by atoms with Gasteiger partial charge in [-0.25, -0.2) is 9.78 Å². The highest BCUT2D eigenvalue weighted by Gasteiger charge is 2.29. The van der Waals surface area contributed by atoms with E-state index in [9.17, 15) is 4.79 Å². The van der Waals surface area contributed by atoms with Crippen molar-refractivity contribution in [1.82, 2.24) is 19.4 Å². The Morgan fingerprint density at radius 3 is 2.74 bits per heavy atom. The Morgan fingerprint density at radius 2 is 2.03 bits per heavy atom. The zero-order valence-electron chi connectivity index (χ0n) is 20.8. The molecular weight excluding hydrogens is 430 g/mol. The molecule has 8 nitrogen and oxygen atoms in total. The van der Waals surface area contributed by atoms with Crippen LogP contribution in [0, 0.1) is 0 Å². The first-order valence-electron chi connectivity index (χ1n) is 12.4. The van der Waals surface area contributed by atoms with E-state index in [4.69, 9.17) is 20.2 Å². The zero-order chi connectivity index (χ0) is 24.3. The maximum Gasteiger partial charge on any atom is 0.410 e. The summed E-state index contributed by atoms with van der Waals surface area (Å²) in [5.41, 5.74) is 9.26. The van der Waals surface area contributed by atoms with Gasteiger partial charge < -0.3 is 24.7 Å². The summed E-state index contributed by atoms with van der Waals surface area (Å²) in [6.07, 6.45) is 5.87. The lowest BCUT2D eigenvalue weighted by atomic mass is 10.1. The molecule has 3 heterocycles. The molecule has 1 aliphatic rings. The van der Waals surface area contributed by atoms with Gasteiger partial charge in [0.05, 0.1) is 16.7 Å². The minimum Gasteiger partial charge on any atom is -0.444 e. The van der Waals surface area contributed by atoms with E-state index in [-0.39, 0.29) is 12.1 Å². The smallest absolute Gasteiger partial charge is 0.410 e. The van der Waals surface area contributed by atoms with E-state index in [0.29, 0.717) is 25.4 Å². The minimum atomic E-state index is -0.514. The molecule has 1 saturated heterocycles. The second kappa shape index (κ2) is 10.2. The van der Waals surface area contributed by atoms with Crippen LogP contribution in [0.2, 0.25) is 0 Å². The summed E-state index contributed by atoms with van der Waals surface area (Å²) in [6, 6.07) is 6.08. The summed E-state index contributed by atoms with van der Waals surface area (Å²) >= 11 is 0. The number of aryl methyl sites for hydroxylation is 2. The monoisotopic (exact) mass is 467 g/mol. The normalized spacial score (nSPS) is 15.2. The van der Waals surface area contributed by atoms with Crippen molar-refractivity contribution < 1.29 is 14.3 Å². The van der Waals surface area contributed by atoms with Crippen LogP contribution in [0.15, 0.2) is 24.4 Å². The quantitative estimate of drug-likeness (QED) is 0.391. The summed E-state index contributed by atoms with van der Waals surface area (Å²) in [6.45, 7) is 10.7. The van der Waals surface area contributed by atoms with Gasteiger partial charge in [0.25, 0.3) is 0 Å². The van der Waals surface area contributed by atoms with Gasteiger partial charge in [-0.1, -0.05) is 13.0 Å². The third-order valence-corrected chi connectivity index (χ3v) is 6.30. The maximum atomic E-state index is 13.0. The van der Waals surface area contributed by atoms with Gasteiger partial charge in [0.2, 0.25) is 0 Å². The number of hydrogen-bond acceptors (Lipinski definition) is 6. The SMILES string of the molecule is CCc1nc2c(N)cc3cccnc3c2n1CCCCN(C(=O)OC(C)(C)C)C1CCOCC1. The molecule has 0 atom stereocenters. The fourth-order valence-corrected chi connectivity index (χ4v) is 4.71. The zero-order valence-corrected chi connectivity index (χ0v) is 20.8. The van der Waals surface area contributed by atoms with E-state index in [1.165, 1.54) is 0 Å². The standard InChI is InChI=1S/C26H37N5O3/c1-5-21-29-23-20(27)17-18-9-8-12-28-22(18)24(23)31(21)14-7-6-13-30(19-10-15-33-16-11-19)25(32)34-26(2,3)4/h8-9,12,17,19H,5-7,10-11,13-16,27H2,1-4H3. The van der Waals surface area contributed by atoms with Crippen molar-refractivity contribution >= 4 is 33.7 Å². The Morgan fingerprint density at radius 1 is 1.26 bits per heavy atom. The number of fused-ring (bicyclic) bond motifs is 3. The summed E-state index contributed by atoms with van der Waals surface area (Å²) < 4.78 is 13.5. The molecule has 1 aromatic carbocycles. The van der Waals surface area contributed by atoms with Crippen LogP contribution in [0.4, 0.5) is 10.5 Å². The number of benzene rings is 1. The number of unbranched alkanes of at least 4 members (excludes halogenated alkanes) is 1. The number of amides is 1. The van der Waals surface area contributed by atoms with E-state index < -0.39 is 5.60 Å². The summed E-state index contributed by atoms with van der Waals surface area (Å²) in [5.74, 6) is 1.01. The maximum absolute atomic E-state index is 13.0. The Hall–Kier alpha value is -2.87. The molecule has 0 spiro atoms. The number of rotatable bonds is 7. The van der Waals surface area contributed by atoms with Gasteiger partial charge in [-0.2, -0.15) is 0 Å². The van der Waals surface area contributed by atoms with Crippen LogP contribution < -0.4 is 5.73 Å². The van der Waals surface area contributed by atoms with Crippen LogP contribution in [0.5, 0.6) is 0 Å². The van der Waals surface area contributed by atoms with Gasteiger partial charge in [0.15, 0.2) is 0 Å². The molecule has 3 aromatic rings. The number of hydrogen-bond donors (Lipinski definition) is 1. The number of ether oxygens (including phenoxy) is 2. The number of anilines is 1. The predicted molar refractivity (Wildman–Crippen MR) is 135 cm³/mol. The molecule has 0 unspecified atom stereocenters. The fraction of sp³-hybridized carbons (Fsp3) is 0.577. The number of imidazole rings is 1. The summed E-state index contributed by atoms with van der Waals surface area (Å²) in [4.78, 5) is 24.4. The first-order valence-corrected chi connectivity index (χ1v) is 12.4. The van der Waals surface area contributed by atoms with Gasteiger partial charge in [0.1, 0.15) is 16.9 Å². The molecule has 34 heavy (non-hydrogen) atoms. The number of carbonyl (C=O) groups is 1. The first-order chi connectivity index (χ1) is 16.3. The summed E-state index contributed by atoms with van der Waals surface area (Å²) in [7, 11) is 0. The van der Waals surface area contributed by atoms with Crippen LogP contribution in [0.3, 0.4) is 0 Å². The molecule has 1 fully saturated rings. The fourth-order valence-electron chi connectivity index (χ4n) is 4.71. The van der Waals surface area contributed by atoms with E-state index >= 15 is 0 Å². The average Bonchev–Trinajstić information content (AvgIpc) is 3.18. The van der Waals surface area contributed by atoms with E-state index in [2.05, 4.69) is 16.5 Å². The molecule has 1 amide bonds. The van der Waals surface area contributed by atoms with Crippen molar-refractivity contribution in [3.63, 3.8) is 0 Å². The largest absolute Gasteiger partial charge is 0.444 e. The number of nitrogen functional groups attached to an aromatic ring is 1. The number of nitrogens with zero attached hydrogens (tertiary/aromatic N) is 4. The van der Waals surface area contributed by atoms with E-state index in [0.717, 1.165) is 66.4 Å². The molecule has 8 heteroatoms. The highest BCUT2D eigenvalue weighted by Crippen LogP contribution is 2.30. The Labute approximate surface area is 201 Å². The molecular formula is C26H37N5O3. The van der Waals surface area contributed by atoms with Crippen LogP contribution in [-0.2, 0) is 22.4 Å². The second-order valence-corrected chi connectivity index (χ2v) is 10.00. The van der Waals surface area contributed by atoms with Gasteiger partial charge in [-0.05, 0) is 58.6 Å². The Balaban J connectivity index is 1.51. The van der Waals surface area contributed by atoms with Crippen LogP contribution in [0.1, 0.15) is 59.2 Å². The summed E-state index contributed by atoms with van der Waals surface area (Å²) in [5, 5.41) is 1.02. The second-order valence-electron chi connectivity index (χ2n) is 10.00. The lowest BCUT2D eigenvalue weighted by molar-refractivity contribution is -0.00603. The molecule has 0 bridgehead atoms. The molecule has 0 aliphatic carbocycles. The van der Waals surface area contributed by atoms with Crippen molar-refractivity contribution in [2.24, 2.45) is 0 Å². The Kier molecular flexibility index (Phi) is 7.26. The number of pyridine rings is 1. The predicted octanol–water partition coefficient (Wildman–Crippen LogP) is 4.93. The lowest BCUT2D eigenvalue weighted by Gasteiger charge is -2.35.